The van der Waals surface area contributed by atoms with E-state index in [2.05, 4.69) is 20.5 Å². The molecular weight excluding hydrogens is 320 g/mol. The van der Waals surface area contributed by atoms with E-state index in [1.54, 1.807) is 31.5 Å². The van der Waals surface area contributed by atoms with Gasteiger partial charge < -0.3 is 25.0 Å². The van der Waals surface area contributed by atoms with Gasteiger partial charge in [0.15, 0.2) is 0 Å². The molecule has 0 saturated carbocycles. The van der Waals surface area contributed by atoms with Crippen LogP contribution in [0.5, 0.6) is 11.5 Å². The number of hydrogen-bond donors (Lipinski definition) is 2. The van der Waals surface area contributed by atoms with Crippen molar-refractivity contribution in [2.45, 2.75) is 0 Å². The zero-order chi connectivity index (χ0) is 17.6. The Balaban J connectivity index is 1.72. The van der Waals surface area contributed by atoms with E-state index in [1.165, 1.54) is 7.11 Å². The maximum absolute atomic E-state index is 12.5. The lowest BCUT2D eigenvalue weighted by Crippen LogP contribution is -2.43. The molecule has 1 aromatic carbocycles. The van der Waals surface area contributed by atoms with Crippen LogP contribution < -0.4 is 25.0 Å². The summed E-state index contributed by atoms with van der Waals surface area (Å²) < 4.78 is 10.4. The Bertz CT molecular complexity index is 728. The van der Waals surface area contributed by atoms with Gasteiger partial charge in [-0.1, -0.05) is 0 Å². The standard InChI is InChI=1S/C18H22N4O3/c1-24-14-4-5-16(25-2)15(11-14)18(23)21-17-6-3-13(12-20-17)22-9-7-19-8-10-22/h3-6,11-12,19H,7-10H2,1-2H3,(H,20,21,23). The molecule has 7 nitrogen and oxygen atoms in total. The van der Waals surface area contributed by atoms with Crippen LogP contribution in [0.25, 0.3) is 0 Å². The molecule has 132 valence electrons. The van der Waals surface area contributed by atoms with E-state index in [0.29, 0.717) is 22.9 Å². The Morgan fingerprint density at radius 2 is 1.96 bits per heavy atom. The number of benzene rings is 1. The average Bonchev–Trinajstić information content (AvgIpc) is 2.68. The molecule has 7 heteroatoms. The number of aromatic nitrogens is 1. The van der Waals surface area contributed by atoms with Crippen molar-refractivity contribution in [3.05, 3.63) is 42.1 Å². The van der Waals surface area contributed by atoms with Crippen molar-refractivity contribution in [2.24, 2.45) is 0 Å². The number of hydrogen-bond acceptors (Lipinski definition) is 6. The lowest BCUT2D eigenvalue weighted by atomic mass is 10.1. The highest BCUT2D eigenvalue weighted by molar-refractivity contribution is 6.06. The van der Waals surface area contributed by atoms with Crippen LogP contribution in [0.4, 0.5) is 11.5 Å². The monoisotopic (exact) mass is 342 g/mol. The third-order valence-corrected chi connectivity index (χ3v) is 4.12. The number of ether oxygens (including phenoxy) is 2. The minimum atomic E-state index is -0.293. The molecule has 1 aliphatic heterocycles. The summed E-state index contributed by atoms with van der Waals surface area (Å²) >= 11 is 0. The van der Waals surface area contributed by atoms with Crippen molar-refractivity contribution < 1.29 is 14.3 Å². The lowest BCUT2D eigenvalue weighted by Gasteiger charge is -2.29. The van der Waals surface area contributed by atoms with Crippen LogP contribution in [0.15, 0.2) is 36.5 Å². The van der Waals surface area contributed by atoms with Gasteiger partial charge in [0.1, 0.15) is 17.3 Å². The van der Waals surface area contributed by atoms with Gasteiger partial charge in [-0.25, -0.2) is 4.98 Å². The molecule has 0 aliphatic carbocycles. The molecule has 1 aromatic heterocycles. The van der Waals surface area contributed by atoms with Crippen LogP contribution in [-0.2, 0) is 0 Å². The van der Waals surface area contributed by atoms with E-state index in [0.717, 1.165) is 31.9 Å². The fourth-order valence-corrected chi connectivity index (χ4v) is 2.75. The first-order chi connectivity index (χ1) is 12.2. The summed E-state index contributed by atoms with van der Waals surface area (Å²) in [4.78, 5) is 19.2. The summed E-state index contributed by atoms with van der Waals surface area (Å²) in [6.45, 7) is 3.84. The Morgan fingerprint density at radius 1 is 1.16 bits per heavy atom. The number of piperazine rings is 1. The van der Waals surface area contributed by atoms with Crippen molar-refractivity contribution in [2.75, 3.05) is 50.6 Å². The topological polar surface area (TPSA) is 75.7 Å². The molecule has 2 heterocycles. The third kappa shape index (κ3) is 4.00. The molecular formula is C18H22N4O3. The van der Waals surface area contributed by atoms with E-state index in [1.807, 2.05) is 12.1 Å². The Labute approximate surface area is 147 Å². The van der Waals surface area contributed by atoms with Crippen LogP contribution in [0.3, 0.4) is 0 Å². The van der Waals surface area contributed by atoms with Crippen molar-refractivity contribution in [3.63, 3.8) is 0 Å². The number of pyridine rings is 1. The summed E-state index contributed by atoms with van der Waals surface area (Å²) in [6.07, 6.45) is 1.78. The van der Waals surface area contributed by atoms with Crippen molar-refractivity contribution in [3.8, 4) is 11.5 Å². The molecule has 3 rings (SSSR count). The first-order valence-electron chi connectivity index (χ1n) is 8.16. The number of amides is 1. The summed E-state index contributed by atoms with van der Waals surface area (Å²) in [5.41, 5.74) is 1.45. The number of nitrogens with zero attached hydrogens (tertiary/aromatic N) is 2. The van der Waals surface area contributed by atoms with Crippen LogP contribution in [0.2, 0.25) is 0 Å². The Morgan fingerprint density at radius 3 is 2.60 bits per heavy atom. The average molecular weight is 342 g/mol. The second-order valence-electron chi connectivity index (χ2n) is 5.66. The van der Waals surface area contributed by atoms with E-state index in [-0.39, 0.29) is 5.91 Å². The molecule has 0 unspecified atom stereocenters. The second-order valence-corrected chi connectivity index (χ2v) is 5.66. The molecule has 1 fully saturated rings. The zero-order valence-electron chi connectivity index (χ0n) is 14.4. The quantitative estimate of drug-likeness (QED) is 0.862. The fraction of sp³-hybridized carbons (Fsp3) is 0.333. The van der Waals surface area contributed by atoms with Gasteiger partial charge in [0.05, 0.1) is 31.7 Å². The zero-order valence-corrected chi connectivity index (χ0v) is 14.4. The van der Waals surface area contributed by atoms with E-state index >= 15 is 0 Å². The number of rotatable bonds is 5. The molecule has 0 bridgehead atoms. The number of carbonyl (C=O) groups excluding carboxylic acids is 1. The van der Waals surface area contributed by atoms with Crippen molar-refractivity contribution >= 4 is 17.4 Å². The van der Waals surface area contributed by atoms with Crippen molar-refractivity contribution in [1.29, 1.82) is 0 Å². The molecule has 1 amide bonds. The molecule has 0 spiro atoms. The van der Waals surface area contributed by atoms with Crippen LogP contribution in [0, 0.1) is 0 Å². The number of carbonyl (C=O) groups is 1. The van der Waals surface area contributed by atoms with Gasteiger partial charge in [-0.15, -0.1) is 0 Å². The summed E-state index contributed by atoms with van der Waals surface area (Å²) in [7, 11) is 3.08. The van der Waals surface area contributed by atoms with E-state index in [9.17, 15) is 4.79 Å². The summed E-state index contributed by atoms with van der Waals surface area (Å²) in [6, 6.07) is 8.87. The molecule has 2 aromatic rings. The van der Waals surface area contributed by atoms with Crippen LogP contribution >= 0.6 is 0 Å². The smallest absolute Gasteiger partial charge is 0.260 e. The minimum absolute atomic E-state index is 0.293. The molecule has 2 N–H and O–H groups in total. The molecule has 0 atom stereocenters. The Hall–Kier alpha value is -2.80. The summed E-state index contributed by atoms with van der Waals surface area (Å²) in [5, 5.41) is 6.12. The highest BCUT2D eigenvalue weighted by Gasteiger charge is 2.15. The van der Waals surface area contributed by atoms with Gasteiger partial charge in [-0.3, -0.25) is 4.79 Å². The van der Waals surface area contributed by atoms with Gasteiger partial charge in [0, 0.05) is 26.2 Å². The predicted molar refractivity (Wildman–Crippen MR) is 96.8 cm³/mol. The van der Waals surface area contributed by atoms with E-state index in [4.69, 9.17) is 9.47 Å². The van der Waals surface area contributed by atoms with Gasteiger partial charge in [-0.2, -0.15) is 0 Å². The SMILES string of the molecule is COc1ccc(OC)c(C(=O)Nc2ccc(N3CCNCC3)cn2)c1. The maximum atomic E-state index is 12.5. The number of anilines is 2. The molecule has 25 heavy (non-hydrogen) atoms. The molecule has 0 radical (unpaired) electrons. The lowest BCUT2D eigenvalue weighted by molar-refractivity contribution is 0.102. The van der Waals surface area contributed by atoms with Gasteiger partial charge in [0.25, 0.3) is 5.91 Å². The third-order valence-electron chi connectivity index (χ3n) is 4.12. The van der Waals surface area contributed by atoms with Crippen LogP contribution in [0.1, 0.15) is 10.4 Å². The van der Waals surface area contributed by atoms with Gasteiger partial charge >= 0.3 is 0 Å². The molecule has 1 aliphatic rings. The van der Waals surface area contributed by atoms with Crippen LogP contribution in [-0.4, -0.2) is 51.3 Å². The molecule has 1 saturated heterocycles. The van der Waals surface area contributed by atoms with E-state index < -0.39 is 0 Å². The first-order valence-corrected chi connectivity index (χ1v) is 8.16. The van der Waals surface area contributed by atoms with Crippen molar-refractivity contribution in [1.82, 2.24) is 10.3 Å². The predicted octanol–water partition coefficient (Wildman–Crippen LogP) is 1.76. The largest absolute Gasteiger partial charge is 0.497 e. The number of methoxy groups -OCH3 is 2. The highest BCUT2D eigenvalue weighted by Crippen LogP contribution is 2.25. The second kappa shape index (κ2) is 7.85. The van der Waals surface area contributed by atoms with Gasteiger partial charge in [0.2, 0.25) is 0 Å². The maximum Gasteiger partial charge on any atom is 0.260 e. The normalized spacial score (nSPS) is 14.1. The minimum Gasteiger partial charge on any atom is -0.497 e. The van der Waals surface area contributed by atoms with Gasteiger partial charge in [-0.05, 0) is 30.3 Å². The highest BCUT2D eigenvalue weighted by atomic mass is 16.5. The summed E-state index contributed by atoms with van der Waals surface area (Å²) in [5.74, 6) is 1.27. The first kappa shape index (κ1) is 17.0. The fourth-order valence-electron chi connectivity index (χ4n) is 2.75. The number of nitrogens with one attached hydrogen (secondary N) is 2. The Kier molecular flexibility index (Phi) is 5.35.